The molecule has 31 heavy (non-hydrogen) atoms. The Hall–Kier alpha value is -3.14. The zero-order valence-corrected chi connectivity index (χ0v) is 17.3. The number of rotatable bonds is 7. The van der Waals surface area contributed by atoms with E-state index in [0.29, 0.717) is 22.3 Å². The summed E-state index contributed by atoms with van der Waals surface area (Å²) < 4.78 is 47.8. The SMILES string of the molecule is CC(C)c1nc(CNC(=O)c2cc(-c3ccc(Cl)cc3)c(OCC(F)(F)F)cn2)no1. The van der Waals surface area contributed by atoms with Crippen LogP contribution in [0.25, 0.3) is 11.1 Å². The van der Waals surface area contributed by atoms with Gasteiger partial charge in [0.15, 0.2) is 12.4 Å². The van der Waals surface area contributed by atoms with Gasteiger partial charge in [0.2, 0.25) is 5.89 Å². The standard InChI is InChI=1S/C20H18ClF3N4O3/c1-11(2)19-27-17(28-31-19)9-26-18(29)15-7-14(12-3-5-13(21)6-4-12)16(8-25-15)30-10-20(22,23)24/h3-8,11H,9-10H2,1-2H3,(H,26,29). The molecular weight excluding hydrogens is 437 g/mol. The lowest BCUT2D eigenvalue weighted by Gasteiger charge is -2.14. The topological polar surface area (TPSA) is 90.1 Å². The molecule has 0 saturated carbocycles. The number of pyridine rings is 1. The van der Waals surface area contributed by atoms with Crippen molar-refractivity contribution in [2.24, 2.45) is 0 Å². The second-order valence-electron chi connectivity index (χ2n) is 6.86. The van der Waals surface area contributed by atoms with E-state index in [1.54, 1.807) is 24.3 Å². The van der Waals surface area contributed by atoms with E-state index < -0.39 is 18.7 Å². The van der Waals surface area contributed by atoms with Crippen LogP contribution in [-0.2, 0) is 6.54 Å². The minimum Gasteiger partial charge on any atom is -0.482 e. The molecular formula is C20H18ClF3N4O3. The quantitative estimate of drug-likeness (QED) is 0.552. The number of nitrogens with zero attached hydrogens (tertiary/aromatic N) is 3. The van der Waals surface area contributed by atoms with Crippen molar-refractivity contribution in [2.75, 3.05) is 6.61 Å². The maximum atomic E-state index is 12.6. The summed E-state index contributed by atoms with van der Waals surface area (Å²) in [6.07, 6.45) is -3.44. The van der Waals surface area contributed by atoms with Crippen LogP contribution in [0.5, 0.6) is 5.75 Å². The van der Waals surface area contributed by atoms with Crippen molar-refractivity contribution in [3.63, 3.8) is 0 Å². The molecule has 0 unspecified atom stereocenters. The molecule has 0 spiro atoms. The van der Waals surface area contributed by atoms with Gasteiger partial charge in [-0.15, -0.1) is 0 Å². The second-order valence-corrected chi connectivity index (χ2v) is 7.30. The predicted octanol–water partition coefficient (Wildman–Crippen LogP) is 4.78. The molecule has 0 atom stereocenters. The summed E-state index contributed by atoms with van der Waals surface area (Å²) in [7, 11) is 0. The molecule has 164 valence electrons. The van der Waals surface area contributed by atoms with Gasteiger partial charge in [-0.2, -0.15) is 18.2 Å². The van der Waals surface area contributed by atoms with Crippen LogP contribution in [0.3, 0.4) is 0 Å². The van der Waals surface area contributed by atoms with Crippen molar-refractivity contribution in [2.45, 2.75) is 32.5 Å². The summed E-state index contributed by atoms with van der Waals surface area (Å²) in [5.74, 6) is 0.105. The molecule has 0 bridgehead atoms. The lowest BCUT2D eigenvalue weighted by Crippen LogP contribution is -2.24. The van der Waals surface area contributed by atoms with Crippen molar-refractivity contribution in [1.29, 1.82) is 0 Å². The number of hydrogen-bond acceptors (Lipinski definition) is 6. The van der Waals surface area contributed by atoms with E-state index >= 15 is 0 Å². The summed E-state index contributed by atoms with van der Waals surface area (Å²) in [5, 5.41) is 6.83. The average molecular weight is 455 g/mol. The van der Waals surface area contributed by atoms with E-state index in [9.17, 15) is 18.0 Å². The first-order valence-corrected chi connectivity index (χ1v) is 9.56. The molecule has 2 aromatic heterocycles. The number of nitrogens with one attached hydrogen (secondary N) is 1. The number of hydrogen-bond donors (Lipinski definition) is 1. The van der Waals surface area contributed by atoms with Crippen LogP contribution in [-0.4, -0.2) is 33.8 Å². The second kappa shape index (κ2) is 9.34. The number of carbonyl (C=O) groups is 1. The van der Waals surface area contributed by atoms with Crippen molar-refractivity contribution in [1.82, 2.24) is 20.4 Å². The summed E-state index contributed by atoms with van der Waals surface area (Å²) in [5.41, 5.74) is 0.761. The molecule has 3 aromatic rings. The Morgan fingerprint density at radius 2 is 1.97 bits per heavy atom. The molecule has 3 rings (SSSR count). The number of amides is 1. The van der Waals surface area contributed by atoms with E-state index in [4.69, 9.17) is 20.9 Å². The number of halogens is 4. The molecule has 1 amide bonds. The third kappa shape index (κ3) is 6.17. The Labute approximate surface area is 180 Å². The van der Waals surface area contributed by atoms with E-state index in [2.05, 4.69) is 20.4 Å². The highest BCUT2D eigenvalue weighted by molar-refractivity contribution is 6.30. The van der Waals surface area contributed by atoms with E-state index in [1.807, 2.05) is 13.8 Å². The van der Waals surface area contributed by atoms with Gasteiger partial charge >= 0.3 is 6.18 Å². The van der Waals surface area contributed by atoms with Gasteiger partial charge in [0.25, 0.3) is 5.91 Å². The molecule has 2 heterocycles. The first-order valence-electron chi connectivity index (χ1n) is 9.18. The monoisotopic (exact) mass is 454 g/mol. The number of aromatic nitrogens is 3. The fourth-order valence-corrected chi connectivity index (χ4v) is 2.65. The molecule has 0 aliphatic carbocycles. The first-order chi connectivity index (χ1) is 14.6. The molecule has 7 nitrogen and oxygen atoms in total. The maximum absolute atomic E-state index is 12.6. The van der Waals surface area contributed by atoms with Gasteiger partial charge in [-0.1, -0.05) is 42.7 Å². The lowest BCUT2D eigenvalue weighted by molar-refractivity contribution is -0.153. The van der Waals surface area contributed by atoms with Gasteiger partial charge in [-0.25, -0.2) is 4.98 Å². The van der Waals surface area contributed by atoms with Crippen LogP contribution in [0, 0.1) is 0 Å². The fourth-order valence-electron chi connectivity index (χ4n) is 2.52. The molecule has 0 aliphatic rings. The fraction of sp³-hybridized carbons (Fsp3) is 0.300. The van der Waals surface area contributed by atoms with Gasteiger partial charge in [-0.05, 0) is 23.8 Å². The third-order valence-electron chi connectivity index (χ3n) is 4.03. The lowest BCUT2D eigenvalue weighted by atomic mass is 10.0. The van der Waals surface area contributed by atoms with Crippen LogP contribution in [0.2, 0.25) is 5.02 Å². The zero-order chi connectivity index (χ0) is 22.6. The van der Waals surface area contributed by atoms with Crippen molar-refractivity contribution >= 4 is 17.5 Å². The normalized spacial score (nSPS) is 11.6. The van der Waals surface area contributed by atoms with Crippen molar-refractivity contribution in [3.05, 3.63) is 59.0 Å². The van der Waals surface area contributed by atoms with Crippen LogP contribution >= 0.6 is 11.6 Å². The highest BCUT2D eigenvalue weighted by atomic mass is 35.5. The van der Waals surface area contributed by atoms with Gasteiger partial charge in [0, 0.05) is 16.5 Å². The van der Waals surface area contributed by atoms with Crippen LogP contribution in [0.1, 0.15) is 42.0 Å². The molecule has 1 aromatic carbocycles. The Balaban J connectivity index is 1.81. The van der Waals surface area contributed by atoms with Gasteiger partial charge in [0.1, 0.15) is 11.4 Å². The average Bonchev–Trinajstić information content (AvgIpc) is 3.20. The summed E-state index contributed by atoms with van der Waals surface area (Å²) in [4.78, 5) is 20.6. The van der Waals surface area contributed by atoms with Crippen LogP contribution in [0.4, 0.5) is 13.2 Å². The number of carbonyl (C=O) groups excluding carboxylic acids is 1. The smallest absolute Gasteiger partial charge is 0.422 e. The highest BCUT2D eigenvalue weighted by Crippen LogP contribution is 2.32. The largest absolute Gasteiger partial charge is 0.482 e. The molecule has 11 heteroatoms. The van der Waals surface area contributed by atoms with Crippen LogP contribution in [0.15, 0.2) is 41.1 Å². The highest BCUT2D eigenvalue weighted by Gasteiger charge is 2.29. The van der Waals surface area contributed by atoms with E-state index in [0.717, 1.165) is 6.20 Å². The predicted molar refractivity (Wildman–Crippen MR) is 106 cm³/mol. The van der Waals surface area contributed by atoms with Gasteiger partial charge in [-0.3, -0.25) is 4.79 Å². The molecule has 0 aliphatic heterocycles. The zero-order valence-electron chi connectivity index (χ0n) is 16.5. The maximum Gasteiger partial charge on any atom is 0.422 e. The number of alkyl halides is 3. The Morgan fingerprint density at radius 3 is 2.58 bits per heavy atom. The number of ether oxygens (including phenoxy) is 1. The molecule has 0 fully saturated rings. The first kappa shape index (κ1) is 22.5. The molecule has 1 N–H and O–H groups in total. The van der Waals surface area contributed by atoms with Gasteiger partial charge < -0.3 is 14.6 Å². The Kier molecular flexibility index (Phi) is 6.79. The third-order valence-corrected chi connectivity index (χ3v) is 4.28. The van der Waals surface area contributed by atoms with E-state index in [1.165, 1.54) is 6.07 Å². The van der Waals surface area contributed by atoms with Gasteiger partial charge in [0.05, 0.1) is 12.7 Å². The molecule has 0 saturated heterocycles. The molecule has 0 radical (unpaired) electrons. The van der Waals surface area contributed by atoms with Crippen LogP contribution < -0.4 is 10.1 Å². The van der Waals surface area contributed by atoms with Crippen molar-refractivity contribution < 1.29 is 27.2 Å². The Morgan fingerprint density at radius 1 is 1.26 bits per heavy atom. The summed E-state index contributed by atoms with van der Waals surface area (Å²) in [6, 6.07) is 7.71. The summed E-state index contributed by atoms with van der Waals surface area (Å²) in [6.45, 7) is 2.29. The minimum atomic E-state index is -4.52. The minimum absolute atomic E-state index is 0.000658. The number of benzene rings is 1. The van der Waals surface area contributed by atoms with E-state index in [-0.39, 0.29) is 29.5 Å². The van der Waals surface area contributed by atoms with Crippen molar-refractivity contribution in [3.8, 4) is 16.9 Å². The Bertz CT molecular complexity index is 1050. The summed E-state index contributed by atoms with van der Waals surface area (Å²) >= 11 is 5.89.